The molecule has 8 nitrogen and oxygen atoms in total. The van der Waals surface area contributed by atoms with Gasteiger partial charge < -0.3 is 24.4 Å². The van der Waals surface area contributed by atoms with Crippen molar-refractivity contribution in [2.45, 2.75) is 6.04 Å². The maximum absolute atomic E-state index is 13.3. The molecule has 34 heavy (non-hydrogen) atoms. The van der Waals surface area contributed by atoms with Gasteiger partial charge in [0.15, 0.2) is 0 Å². The second-order valence-corrected chi connectivity index (χ2v) is 7.50. The van der Waals surface area contributed by atoms with Crippen molar-refractivity contribution in [2.24, 2.45) is 0 Å². The number of nitrogens with zero attached hydrogens (tertiary/aromatic N) is 1. The molecule has 8 heteroatoms. The molecule has 0 bridgehead atoms. The molecule has 0 aliphatic carbocycles. The summed E-state index contributed by atoms with van der Waals surface area (Å²) >= 11 is 0. The molecule has 1 aliphatic rings. The molecule has 1 atom stereocenters. The number of phenolic OH excluding ortho intramolecular Hbond substituents is 1. The number of para-hydroxylation sites is 2. The minimum Gasteiger partial charge on any atom is -0.507 e. The molecule has 1 saturated heterocycles. The van der Waals surface area contributed by atoms with Crippen molar-refractivity contribution in [3.63, 3.8) is 0 Å². The molecule has 0 aromatic heterocycles. The van der Waals surface area contributed by atoms with Crippen LogP contribution in [-0.4, -0.2) is 43.2 Å². The number of aromatic hydroxyl groups is 1. The number of methoxy groups -OCH3 is 3. The van der Waals surface area contributed by atoms with E-state index in [0.29, 0.717) is 17.1 Å². The average molecular weight is 461 g/mol. The van der Waals surface area contributed by atoms with E-state index in [0.717, 1.165) is 0 Å². The number of carbonyl (C=O) groups excluding carboxylic acids is 2. The number of rotatable bonds is 6. The number of aliphatic hydroxyl groups excluding tert-OH is 1. The fraction of sp³-hybridized carbons (Fsp3) is 0.154. The second-order valence-electron chi connectivity index (χ2n) is 7.50. The van der Waals surface area contributed by atoms with Crippen LogP contribution in [0.3, 0.4) is 0 Å². The number of ether oxygens (including phenoxy) is 3. The molecule has 1 unspecified atom stereocenters. The first-order valence-corrected chi connectivity index (χ1v) is 10.4. The fourth-order valence-corrected chi connectivity index (χ4v) is 3.99. The Balaban J connectivity index is 1.97. The van der Waals surface area contributed by atoms with Gasteiger partial charge in [-0.15, -0.1) is 0 Å². The molecule has 0 saturated carbocycles. The quantitative estimate of drug-likeness (QED) is 0.324. The summed E-state index contributed by atoms with van der Waals surface area (Å²) in [5.41, 5.74) is 0.766. The molecule has 0 radical (unpaired) electrons. The number of ketones is 1. The molecule has 1 heterocycles. The van der Waals surface area contributed by atoms with Gasteiger partial charge in [-0.3, -0.25) is 14.5 Å². The van der Waals surface area contributed by atoms with E-state index in [4.69, 9.17) is 14.2 Å². The highest BCUT2D eigenvalue weighted by atomic mass is 16.5. The highest BCUT2D eigenvalue weighted by molar-refractivity contribution is 6.52. The Morgan fingerprint density at radius 3 is 2.12 bits per heavy atom. The van der Waals surface area contributed by atoms with Crippen LogP contribution in [0, 0.1) is 0 Å². The van der Waals surface area contributed by atoms with Gasteiger partial charge in [-0.25, -0.2) is 0 Å². The van der Waals surface area contributed by atoms with Crippen LogP contribution in [0.15, 0.2) is 72.3 Å². The zero-order valence-corrected chi connectivity index (χ0v) is 18.8. The summed E-state index contributed by atoms with van der Waals surface area (Å²) in [6, 6.07) is 16.7. The van der Waals surface area contributed by atoms with Gasteiger partial charge in [0.1, 0.15) is 28.8 Å². The van der Waals surface area contributed by atoms with Gasteiger partial charge in [0.05, 0.1) is 44.2 Å². The van der Waals surface area contributed by atoms with E-state index >= 15 is 0 Å². The van der Waals surface area contributed by atoms with E-state index in [9.17, 15) is 19.8 Å². The van der Waals surface area contributed by atoms with Crippen LogP contribution in [0.2, 0.25) is 0 Å². The van der Waals surface area contributed by atoms with Crippen molar-refractivity contribution >= 4 is 23.1 Å². The number of hydrogen-bond donors (Lipinski definition) is 2. The molecule has 0 spiro atoms. The van der Waals surface area contributed by atoms with Crippen molar-refractivity contribution in [3.8, 4) is 23.0 Å². The van der Waals surface area contributed by atoms with E-state index in [2.05, 4.69) is 0 Å². The van der Waals surface area contributed by atoms with Crippen molar-refractivity contribution in [1.29, 1.82) is 0 Å². The summed E-state index contributed by atoms with van der Waals surface area (Å²) in [7, 11) is 4.45. The zero-order chi connectivity index (χ0) is 24.4. The summed E-state index contributed by atoms with van der Waals surface area (Å²) in [5, 5.41) is 21.8. The summed E-state index contributed by atoms with van der Waals surface area (Å²) in [5.74, 6) is -1.01. The van der Waals surface area contributed by atoms with Crippen LogP contribution in [0.5, 0.6) is 23.0 Å². The van der Waals surface area contributed by atoms with Crippen LogP contribution in [-0.2, 0) is 9.59 Å². The van der Waals surface area contributed by atoms with Gasteiger partial charge in [0.2, 0.25) is 0 Å². The Labute approximate surface area is 196 Å². The second kappa shape index (κ2) is 9.19. The number of carbonyl (C=O) groups is 2. The molecular weight excluding hydrogens is 438 g/mol. The topological polar surface area (TPSA) is 106 Å². The minimum absolute atomic E-state index is 0.137. The molecule has 3 aromatic carbocycles. The predicted molar refractivity (Wildman–Crippen MR) is 125 cm³/mol. The third kappa shape index (κ3) is 3.79. The first-order valence-electron chi connectivity index (χ1n) is 10.4. The predicted octanol–water partition coefficient (Wildman–Crippen LogP) is 4.04. The van der Waals surface area contributed by atoms with E-state index in [1.165, 1.54) is 38.4 Å². The third-order valence-corrected chi connectivity index (χ3v) is 5.68. The summed E-state index contributed by atoms with van der Waals surface area (Å²) in [6.45, 7) is 0. The Bertz CT molecular complexity index is 1280. The number of amides is 1. The molecule has 1 aliphatic heterocycles. The number of Topliss-reactive ketones (excluding diaryl/α,β-unsaturated/α-hetero) is 1. The molecule has 174 valence electrons. The number of aliphatic hydroxyl groups is 1. The van der Waals surface area contributed by atoms with Gasteiger partial charge in [-0.2, -0.15) is 0 Å². The van der Waals surface area contributed by atoms with Crippen molar-refractivity contribution < 1.29 is 34.0 Å². The van der Waals surface area contributed by atoms with Gasteiger partial charge in [0, 0.05) is 6.07 Å². The summed E-state index contributed by atoms with van der Waals surface area (Å²) < 4.78 is 15.8. The molecular formula is C26H23NO7. The zero-order valence-electron chi connectivity index (χ0n) is 18.8. The molecule has 4 rings (SSSR count). The van der Waals surface area contributed by atoms with Crippen LogP contribution in [0.25, 0.3) is 5.76 Å². The lowest BCUT2D eigenvalue weighted by atomic mass is 9.94. The highest BCUT2D eigenvalue weighted by Gasteiger charge is 2.47. The Kier molecular flexibility index (Phi) is 6.14. The summed E-state index contributed by atoms with van der Waals surface area (Å²) in [6.07, 6.45) is 0. The largest absolute Gasteiger partial charge is 0.507 e. The number of benzene rings is 3. The monoisotopic (exact) mass is 461 g/mol. The molecule has 1 amide bonds. The normalized spacial score (nSPS) is 17.0. The van der Waals surface area contributed by atoms with Crippen molar-refractivity contribution in [3.05, 3.63) is 83.4 Å². The Morgan fingerprint density at radius 1 is 0.853 bits per heavy atom. The lowest BCUT2D eigenvalue weighted by Crippen LogP contribution is -2.29. The van der Waals surface area contributed by atoms with Gasteiger partial charge in [-0.1, -0.05) is 24.3 Å². The lowest BCUT2D eigenvalue weighted by Gasteiger charge is -2.26. The van der Waals surface area contributed by atoms with E-state index in [1.54, 1.807) is 54.6 Å². The first-order chi connectivity index (χ1) is 16.4. The maximum atomic E-state index is 13.3. The van der Waals surface area contributed by atoms with Gasteiger partial charge in [0.25, 0.3) is 11.7 Å². The Morgan fingerprint density at radius 2 is 1.50 bits per heavy atom. The van der Waals surface area contributed by atoms with Crippen LogP contribution in [0.4, 0.5) is 5.69 Å². The maximum Gasteiger partial charge on any atom is 0.300 e. The third-order valence-electron chi connectivity index (χ3n) is 5.68. The summed E-state index contributed by atoms with van der Waals surface area (Å²) in [4.78, 5) is 27.7. The number of hydrogen-bond acceptors (Lipinski definition) is 7. The molecule has 3 aromatic rings. The fourth-order valence-electron chi connectivity index (χ4n) is 3.99. The van der Waals surface area contributed by atoms with Crippen LogP contribution >= 0.6 is 0 Å². The smallest absolute Gasteiger partial charge is 0.300 e. The van der Waals surface area contributed by atoms with Crippen molar-refractivity contribution in [2.75, 3.05) is 26.2 Å². The van der Waals surface area contributed by atoms with Crippen molar-refractivity contribution in [1.82, 2.24) is 0 Å². The Hall–Kier alpha value is -4.46. The highest BCUT2D eigenvalue weighted by Crippen LogP contribution is 2.45. The average Bonchev–Trinajstić information content (AvgIpc) is 3.13. The molecule has 2 N–H and O–H groups in total. The van der Waals surface area contributed by atoms with E-state index in [-0.39, 0.29) is 28.3 Å². The number of anilines is 1. The molecule has 1 fully saturated rings. The minimum atomic E-state index is -1.01. The van der Waals surface area contributed by atoms with E-state index in [1.807, 2.05) is 0 Å². The van der Waals surface area contributed by atoms with Crippen LogP contribution in [0.1, 0.15) is 17.2 Å². The first kappa shape index (κ1) is 22.7. The van der Waals surface area contributed by atoms with E-state index < -0.39 is 23.5 Å². The lowest BCUT2D eigenvalue weighted by molar-refractivity contribution is -0.132. The van der Waals surface area contributed by atoms with Gasteiger partial charge in [-0.05, 0) is 42.0 Å². The van der Waals surface area contributed by atoms with Crippen LogP contribution < -0.4 is 19.1 Å². The standard InChI is InChI=1S/C26H23NO7/c1-32-16-10-8-15(9-11-16)23-22(24(29)18-13-12-17(33-2)14-21(18)34-3)25(30)26(31)27(23)19-6-4-5-7-20(19)28/h4-14,23,28-29H,1-3H3/b24-22-. The number of phenols is 1. The van der Waals surface area contributed by atoms with Gasteiger partial charge >= 0.3 is 0 Å². The SMILES string of the molecule is COc1ccc(C2/C(=C(/O)c3ccc(OC)cc3OC)C(=O)C(=O)N2c2ccccc2O)cc1.